The second-order valence-electron chi connectivity index (χ2n) is 6.28. The normalized spacial score (nSPS) is 10.3. The van der Waals surface area contributed by atoms with Crippen molar-refractivity contribution in [1.82, 2.24) is 0 Å². The quantitative estimate of drug-likeness (QED) is 0.691. The number of hydrogen-bond donors (Lipinski definition) is 0. The van der Waals surface area contributed by atoms with Gasteiger partial charge in [-0.05, 0) is 30.2 Å². The molecule has 0 atom stereocenters. The van der Waals surface area contributed by atoms with Crippen molar-refractivity contribution < 1.29 is 9.59 Å². The number of rotatable bonds is 5. The van der Waals surface area contributed by atoms with E-state index in [1.165, 1.54) is 4.90 Å². The van der Waals surface area contributed by atoms with Gasteiger partial charge in [0.2, 0.25) is 11.8 Å². The van der Waals surface area contributed by atoms with E-state index in [0.29, 0.717) is 5.69 Å². The van der Waals surface area contributed by atoms with Gasteiger partial charge in [-0.25, -0.2) is 0 Å². The Labute approximate surface area is 153 Å². The summed E-state index contributed by atoms with van der Waals surface area (Å²) in [5.41, 5.74) is 3.47. The summed E-state index contributed by atoms with van der Waals surface area (Å²) in [6.45, 7) is 1.98. The lowest BCUT2D eigenvalue weighted by Gasteiger charge is -2.21. The van der Waals surface area contributed by atoms with Crippen LogP contribution in [0.4, 0.5) is 5.69 Å². The van der Waals surface area contributed by atoms with E-state index in [1.54, 1.807) is 0 Å². The first-order chi connectivity index (χ1) is 12.6. The van der Waals surface area contributed by atoms with Crippen LogP contribution in [-0.2, 0) is 22.4 Å². The molecule has 26 heavy (non-hydrogen) atoms. The highest BCUT2D eigenvalue weighted by Crippen LogP contribution is 2.19. The summed E-state index contributed by atoms with van der Waals surface area (Å²) in [5, 5.41) is 0. The molecular formula is C23H21NO2. The maximum Gasteiger partial charge on any atom is 0.238 e. The molecule has 0 aliphatic rings. The average molecular weight is 343 g/mol. The second kappa shape index (κ2) is 8.26. The minimum Gasteiger partial charge on any atom is -0.274 e. The number of carbonyl (C=O) groups excluding carboxylic acids is 2. The van der Waals surface area contributed by atoms with Crippen molar-refractivity contribution in [3.63, 3.8) is 0 Å². The molecule has 0 unspecified atom stereocenters. The van der Waals surface area contributed by atoms with Crippen LogP contribution < -0.4 is 4.90 Å². The predicted molar refractivity (Wildman–Crippen MR) is 104 cm³/mol. The third kappa shape index (κ3) is 4.45. The molecule has 3 heteroatoms. The Bertz CT molecular complexity index is 818. The Morgan fingerprint density at radius 3 is 1.50 bits per heavy atom. The highest BCUT2D eigenvalue weighted by atomic mass is 16.2. The van der Waals surface area contributed by atoms with Gasteiger partial charge in [-0.2, -0.15) is 0 Å². The van der Waals surface area contributed by atoms with Gasteiger partial charge >= 0.3 is 0 Å². The number of aryl methyl sites for hydroxylation is 1. The number of hydrogen-bond acceptors (Lipinski definition) is 2. The van der Waals surface area contributed by atoms with Crippen LogP contribution in [0.3, 0.4) is 0 Å². The summed E-state index contributed by atoms with van der Waals surface area (Å²) in [6.07, 6.45) is 0.379. The SMILES string of the molecule is Cc1ccc(N(C(=O)Cc2ccccc2)C(=O)Cc2ccccc2)cc1. The molecule has 3 aromatic rings. The maximum atomic E-state index is 12.9. The van der Waals surface area contributed by atoms with Gasteiger partial charge in [-0.3, -0.25) is 14.5 Å². The molecular weight excluding hydrogens is 322 g/mol. The van der Waals surface area contributed by atoms with Gasteiger partial charge in [0.15, 0.2) is 0 Å². The minimum atomic E-state index is -0.221. The predicted octanol–water partition coefficient (Wildman–Crippen LogP) is 4.34. The van der Waals surface area contributed by atoms with Crippen LogP contribution in [-0.4, -0.2) is 11.8 Å². The summed E-state index contributed by atoms with van der Waals surface area (Å²) in [6, 6.07) is 26.4. The molecule has 0 spiro atoms. The van der Waals surface area contributed by atoms with Crippen molar-refractivity contribution in [3.05, 3.63) is 102 Å². The molecule has 130 valence electrons. The van der Waals surface area contributed by atoms with Gasteiger partial charge < -0.3 is 0 Å². The number of benzene rings is 3. The Morgan fingerprint density at radius 2 is 1.08 bits per heavy atom. The molecule has 0 aromatic heterocycles. The zero-order valence-corrected chi connectivity index (χ0v) is 14.8. The van der Waals surface area contributed by atoms with Crippen molar-refractivity contribution in [2.45, 2.75) is 19.8 Å². The molecule has 3 rings (SSSR count). The molecule has 0 fully saturated rings. The van der Waals surface area contributed by atoms with Crippen molar-refractivity contribution in [1.29, 1.82) is 0 Å². The maximum absolute atomic E-state index is 12.9. The summed E-state index contributed by atoms with van der Waals surface area (Å²) < 4.78 is 0. The van der Waals surface area contributed by atoms with Crippen LogP contribution in [0.2, 0.25) is 0 Å². The first kappa shape index (κ1) is 17.6. The molecule has 3 nitrogen and oxygen atoms in total. The third-order valence-electron chi connectivity index (χ3n) is 4.19. The van der Waals surface area contributed by atoms with Crippen molar-refractivity contribution in [2.75, 3.05) is 4.90 Å². The molecule has 0 radical (unpaired) electrons. The Morgan fingerprint density at radius 1 is 0.654 bits per heavy atom. The lowest BCUT2D eigenvalue weighted by Crippen LogP contribution is -2.39. The van der Waals surface area contributed by atoms with E-state index in [-0.39, 0.29) is 24.7 Å². The molecule has 0 aliphatic heterocycles. The van der Waals surface area contributed by atoms with E-state index in [9.17, 15) is 9.59 Å². The molecule has 0 aliphatic carbocycles. The Balaban J connectivity index is 1.87. The molecule has 0 saturated carbocycles. The molecule has 0 saturated heterocycles. The monoisotopic (exact) mass is 343 g/mol. The van der Waals surface area contributed by atoms with Gasteiger partial charge in [0, 0.05) is 0 Å². The molecule has 0 heterocycles. The Hall–Kier alpha value is -3.20. The molecule has 0 N–H and O–H groups in total. The van der Waals surface area contributed by atoms with Gasteiger partial charge in [-0.1, -0.05) is 78.4 Å². The summed E-state index contributed by atoms with van der Waals surface area (Å²) in [7, 11) is 0. The summed E-state index contributed by atoms with van der Waals surface area (Å²) in [5.74, 6) is -0.443. The van der Waals surface area contributed by atoms with Crippen molar-refractivity contribution >= 4 is 17.5 Å². The fourth-order valence-corrected chi connectivity index (χ4v) is 2.82. The van der Waals surface area contributed by atoms with E-state index in [2.05, 4.69) is 0 Å². The van der Waals surface area contributed by atoms with Gasteiger partial charge in [0.1, 0.15) is 0 Å². The van der Waals surface area contributed by atoms with Crippen LogP contribution in [0.25, 0.3) is 0 Å². The average Bonchev–Trinajstić information content (AvgIpc) is 2.65. The first-order valence-electron chi connectivity index (χ1n) is 8.64. The number of amides is 2. The largest absolute Gasteiger partial charge is 0.274 e. The highest BCUT2D eigenvalue weighted by Gasteiger charge is 2.23. The lowest BCUT2D eigenvalue weighted by atomic mass is 10.1. The number of carbonyl (C=O) groups is 2. The fourth-order valence-electron chi connectivity index (χ4n) is 2.82. The first-order valence-corrected chi connectivity index (χ1v) is 8.64. The Kier molecular flexibility index (Phi) is 5.59. The van der Waals surface area contributed by atoms with E-state index in [1.807, 2.05) is 91.9 Å². The van der Waals surface area contributed by atoms with Crippen LogP contribution >= 0.6 is 0 Å². The van der Waals surface area contributed by atoms with E-state index >= 15 is 0 Å². The summed E-state index contributed by atoms with van der Waals surface area (Å²) >= 11 is 0. The van der Waals surface area contributed by atoms with Crippen molar-refractivity contribution in [3.8, 4) is 0 Å². The van der Waals surface area contributed by atoms with Crippen LogP contribution in [0.5, 0.6) is 0 Å². The topological polar surface area (TPSA) is 37.4 Å². The zero-order valence-electron chi connectivity index (χ0n) is 14.8. The third-order valence-corrected chi connectivity index (χ3v) is 4.19. The van der Waals surface area contributed by atoms with Gasteiger partial charge in [-0.15, -0.1) is 0 Å². The smallest absolute Gasteiger partial charge is 0.238 e. The second-order valence-corrected chi connectivity index (χ2v) is 6.28. The van der Waals surface area contributed by atoms with E-state index in [0.717, 1.165) is 16.7 Å². The number of anilines is 1. The zero-order chi connectivity index (χ0) is 18.4. The van der Waals surface area contributed by atoms with E-state index in [4.69, 9.17) is 0 Å². The molecule has 0 bridgehead atoms. The minimum absolute atomic E-state index is 0.190. The van der Waals surface area contributed by atoms with Gasteiger partial charge in [0.25, 0.3) is 0 Å². The fraction of sp³-hybridized carbons (Fsp3) is 0.130. The molecule has 2 amide bonds. The standard InChI is InChI=1S/C23H21NO2/c1-18-12-14-21(15-13-18)24(22(25)16-19-8-4-2-5-9-19)23(26)17-20-10-6-3-7-11-20/h2-15H,16-17H2,1H3. The highest BCUT2D eigenvalue weighted by molar-refractivity contribution is 6.15. The molecule has 3 aromatic carbocycles. The van der Waals surface area contributed by atoms with Crippen LogP contribution in [0.1, 0.15) is 16.7 Å². The van der Waals surface area contributed by atoms with Crippen LogP contribution in [0, 0.1) is 6.92 Å². The van der Waals surface area contributed by atoms with E-state index < -0.39 is 0 Å². The number of imide groups is 1. The lowest BCUT2D eigenvalue weighted by molar-refractivity contribution is -0.125. The number of nitrogens with zero attached hydrogens (tertiary/aromatic N) is 1. The van der Waals surface area contributed by atoms with Crippen LogP contribution in [0.15, 0.2) is 84.9 Å². The van der Waals surface area contributed by atoms with Gasteiger partial charge in [0.05, 0.1) is 18.5 Å². The van der Waals surface area contributed by atoms with Crippen molar-refractivity contribution in [2.24, 2.45) is 0 Å². The summed E-state index contributed by atoms with van der Waals surface area (Å²) in [4.78, 5) is 27.2.